The number of fused-ring (bicyclic) bond motifs is 2. The Morgan fingerprint density at radius 1 is 1.40 bits per heavy atom. The molecule has 0 saturated heterocycles. The second-order valence-corrected chi connectivity index (χ2v) is 5.24. The Bertz CT molecular complexity index is 268. The van der Waals surface area contributed by atoms with Gasteiger partial charge in [-0.25, -0.2) is 0 Å². The quantitative estimate of drug-likeness (QED) is 0.524. The van der Waals surface area contributed by atoms with Crippen LogP contribution in [-0.4, -0.2) is 12.6 Å². The van der Waals surface area contributed by atoms with E-state index in [1.165, 1.54) is 6.42 Å². The van der Waals surface area contributed by atoms with Crippen LogP contribution >= 0.6 is 0 Å². The zero-order valence-electron chi connectivity index (χ0n) is 9.61. The number of carbonyl (C=O) groups excluding carboxylic acids is 1. The number of hydrogen-bond acceptors (Lipinski definition) is 2. The number of ether oxygens (including phenoxy) is 1. The fourth-order valence-electron chi connectivity index (χ4n) is 2.55. The second kappa shape index (κ2) is 4.38. The summed E-state index contributed by atoms with van der Waals surface area (Å²) in [4.78, 5) is 11.8. The van der Waals surface area contributed by atoms with Crippen LogP contribution in [0, 0.1) is 23.7 Å². The van der Waals surface area contributed by atoms with E-state index in [0.717, 1.165) is 12.8 Å². The van der Waals surface area contributed by atoms with E-state index in [1.807, 2.05) is 0 Å². The lowest BCUT2D eigenvalue weighted by Crippen LogP contribution is -2.22. The van der Waals surface area contributed by atoms with Gasteiger partial charge in [0.1, 0.15) is 0 Å². The lowest BCUT2D eigenvalue weighted by atomic mass is 9.94. The van der Waals surface area contributed by atoms with Gasteiger partial charge in [-0.15, -0.1) is 0 Å². The number of rotatable bonds is 4. The predicted octanol–water partition coefficient (Wildman–Crippen LogP) is 2.79. The topological polar surface area (TPSA) is 26.3 Å². The Kier molecular flexibility index (Phi) is 3.13. The summed E-state index contributed by atoms with van der Waals surface area (Å²) in [7, 11) is 0. The molecule has 0 unspecified atom stereocenters. The minimum Gasteiger partial charge on any atom is -0.465 e. The van der Waals surface area contributed by atoms with E-state index >= 15 is 0 Å². The lowest BCUT2D eigenvalue weighted by Gasteiger charge is -2.16. The fourth-order valence-corrected chi connectivity index (χ4v) is 2.55. The number of carbonyl (C=O) groups is 1. The summed E-state index contributed by atoms with van der Waals surface area (Å²) in [5, 5.41) is 0. The first kappa shape index (κ1) is 10.7. The van der Waals surface area contributed by atoms with Gasteiger partial charge in [0, 0.05) is 0 Å². The van der Waals surface area contributed by atoms with Crippen molar-refractivity contribution < 1.29 is 9.53 Å². The van der Waals surface area contributed by atoms with Gasteiger partial charge in [0.05, 0.1) is 12.5 Å². The smallest absolute Gasteiger partial charge is 0.309 e. The zero-order valence-corrected chi connectivity index (χ0v) is 9.61. The van der Waals surface area contributed by atoms with Gasteiger partial charge in [0.2, 0.25) is 0 Å². The van der Waals surface area contributed by atoms with Crippen LogP contribution in [0.2, 0.25) is 0 Å². The van der Waals surface area contributed by atoms with Crippen molar-refractivity contribution in [2.75, 3.05) is 6.61 Å². The van der Waals surface area contributed by atoms with E-state index in [4.69, 9.17) is 4.74 Å². The average Bonchev–Trinajstić information content (AvgIpc) is 2.77. The summed E-state index contributed by atoms with van der Waals surface area (Å²) in [6.07, 6.45) is 7.61. The van der Waals surface area contributed by atoms with Gasteiger partial charge in [-0.2, -0.15) is 0 Å². The molecule has 0 amide bonds. The zero-order chi connectivity index (χ0) is 10.8. The molecule has 1 fully saturated rings. The highest BCUT2D eigenvalue weighted by Crippen LogP contribution is 2.43. The van der Waals surface area contributed by atoms with Gasteiger partial charge in [-0.05, 0) is 37.0 Å². The van der Waals surface area contributed by atoms with Gasteiger partial charge in [0.25, 0.3) is 0 Å². The summed E-state index contributed by atoms with van der Waals surface area (Å²) in [5.74, 6) is 1.93. The molecule has 0 heterocycles. The van der Waals surface area contributed by atoms with Gasteiger partial charge in [-0.3, -0.25) is 4.79 Å². The molecule has 0 aromatic rings. The van der Waals surface area contributed by atoms with Crippen molar-refractivity contribution in [3.63, 3.8) is 0 Å². The van der Waals surface area contributed by atoms with Crippen molar-refractivity contribution in [3.8, 4) is 0 Å². The van der Waals surface area contributed by atoms with Crippen LogP contribution in [0.4, 0.5) is 0 Å². The lowest BCUT2D eigenvalue weighted by molar-refractivity contribution is -0.149. The van der Waals surface area contributed by atoms with Crippen molar-refractivity contribution in [3.05, 3.63) is 12.2 Å². The van der Waals surface area contributed by atoms with E-state index in [2.05, 4.69) is 26.0 Å². The van der Waals surface area contributed by atoms with Gasteiger partial charge in [0.15, 0.2) is 0 Å². The first-order valence-corrected chi connectivity index (χ1v) is 6.01. The van der Waals surface area contributed by atoms with Crippen LogP contribution in [0.3, 0.4) is 0 Å². The molecule has 0 aliphatic heterocycles. The third-order valence-electron chi connectivity index (χ3n) is 3.52. The largest absolute Gasteiger partial charge is 0.465 e. The molecular formula is C13H20O2. The molecule has 2 bridgehead atoms. The highest BCUT2D eigenvalue weighted by Gasteiger charge is 2.40. The third kappa shape index (κ3) is 2.42. The van der Waals surface area contributed by atoms with Gasteiger partial charge in [-0.1, -0.05) is 26.0 Å². The van der Waals surface area contributed by atoms with E-state index < -0.39 is 0 Å². The molecule has 2 heteroatoms. The van der Waals surface area contributed by atoms with Crippen molar-refractivity contribution >= 4 is 5.97 Å². The first-order chi connectivity index (χ1) is 7.16. The van der Waals surface area contributed by atoms with Gasteiger partial charge < -0.3 is 4.74 Å². The Hall–Kier alpha value is -0.790. The molecule has 0 N–H and O–H groups in total. The van der Waals surface area contributed by atoms with Crippen molar-refractivity contribution in [1.29, 1.82) is 0 Å². The molecule has 2 aliphatic carbocycles. The molecule has 2 aliphatic rings. The predicted molar refractivity (Wildman–Crippen MR) is 59.3 cm³/mol. The van der Waals surface area contributed by atoms with Crippen LogP contribution in [-0.2, 0) is 9.53 Å². The van der Waals surface area contributed by atoms with E-state index in [-0.39, 0.29) is 11.9 Å². The minimum absolute atomic E-state index is 0.0347. The Morgan fingerprint density at radius 2 is 2.20 bits per heavy atom. The summed E-state index contributed by atoms with van der Waals surface area (Å²) < 4.78 is 5.32. The molecular weight excluding hydrogens is 188 g/mol. The number of hydrogen-bond donors (Lipinski definition) is 0. The number of allylic oxidation sites excluding steroid dienone is 2. The van der Waals surface area contributed by atoms with E-state index in [1.54, 1.807) is 0 Å². The first-order valence-electron chi connectivity index (χ1n) is 6.01. The molecule has 2 rings (SSSR count). The summed E-state index contributed by atoms with van der Waals surface area (Å²) in [6.45, 7) is 4.89. The fraction of sp³-hybridized carbons (Fsp3) is 0.769. The maximum Gasteiger partial charge on any atom is 0.309 e. The maximum atomic E-state index is 11.8. The van der Waals surface area contributed by atoms with Crippen LogP contribution in [0.1, 0.15) is 33.1 Å². The molecule has 15 heavy (non-hydrogen) atoms. The van der Waals surface area contributed by atoms with E-state index in [9.17, 15) is 4.79 Å². The standard InChI is InChI=1S/C13H20O2/c1-9(2)5-6-15-13(14)12-8-10-3-4-11(12)7-10/h3-4,9-12H,5-8H2,1-2H3/t10-,11-,12-/m0/s1. The van der Waals surface area contributed by atoms with Crippen LogP contribution in [0.15, 0.2) is 12.2 Å². The summed E-state index contributed by atoms with van der Waals surface area (Å²) in [5.41, 5.74) is 0. The molecule has 0 spiro atoms. The third-order valence-corrected chi connectivity index (χ3v) is 3.52. The Balaban J connectivity index is 1.75. The number of esters is 1. The molecule has 3 atom stereocenters. The Morgan fingerprint density at radius 3 is 2.73 bits per heavy atom. The normalized spacial score (nSPS) is 32.6. The molecule has 0 aromatic carbocycles. The average molecular weight is 208 g/mol. The minimum atomic E-state index is 0.0347. The second-order valence-electron chi connectivity index (χ2n) is 5.24. The van der Waals surface area contributed by atoms with Crippen LogP contribution in [0.5, 0.6) is 0 Å². The van der Waals surface area contributed by atoms with Crippen molar-refractivity contribution in [2.45, 2.75) is 33.1 Å². The van der Waals surface area contributed by atoms with Crippen LogP contribution < -0.4 is 0 Å². The highest BCUT2D eigenvalue weighted by atomic mass is 16.5. The monoisotopic (exact) mass is 208 g/mol. The van der Waals surface area contributed by atoms with Crippen molar-refractivity contribution in [1.82, 2.24) is 0 Å². The van der Waals surface area contributed by atoms with Gasteiger partial charge >= 0.3 is 5.97 Å². The van der Waals surface area contributed by atoms with E-state index in [0.29, 0.717) is 24.4 Å². The molecule has 0 aromatic heterocycles. The Labute approximate surface area is 91.7 Å². The molecule has 1 saturated carbocycles. The highest BCUT2D eigenvalue weighted by molar-refractivity contribution is 5.74. The molecule has 2 nitrogen and oxygen atoms in total. The maximum absolute atomic E-state index is 11.8. The summed E-state index contributed by atoms with van der Waals surface area (Å²) in [6, 6.07) is 0. The summed E-state index contributed by atoms with van der Waals surface area (Å²) >= 11 is 0. The molecule has 84 valence electrons. The molecule has 0 radical (unpaired) electrons. The van der Waals surface area contributed by atoms with Crippen LogP contribution in [0.25, 0.3) is 0 Å². The SMILES string of the molecule is CC(C)CCOC(=O)[C@H]1C[C@H]2C=C[C@H]1C2. The van der Waals surface area contributed by atoms with Crippen molar-refractivity contribution in [2.24, 2.45) is 23.7 Å².